The first-order valence-electron chi connectivity index (χ1n) is 8.59. The number of rotatable bonds is 5. The third-order valence-corrected chi connectivity index (χ3v) is 5.35. The van der Waals surface area contributed by atoms with E-state index in [2.05, 4.69) is 0 Å². The van der Waals surface area contributed by atoms with Crippen LogP contribution in [0.2, 0.25) is 0 Å². The summed E-state index contributed by atoms with van der Waals surface area (Å²) < 4.78 is 17.0. The number of hydrogen-bond acceptors (Lipinski definition) is 5. The molecule has 1 amide bonds. The second-order valence-corrected chi connectivity index (χ2v) is 6.92. The third kappa shape index (κ3) is 2.31. The number of amides is 1. The van der Waals surface area contributed by atoms with E-state index >= 15 is 0 Å². The molecule has 0 aromatic rings. The minimum absolute atomic E-state index is 0.00537. The predicted octanol–water partition coefficient (Wildman–Crippen LogP) is 0.901. The van der Waals surface area contributed by atoms with Gasteiger partial charge in [-0.15, -0.1) is 0 Å². The average Bonchev–Trinajstić information content (AvgIpc) is 3.28. The predicted molar refractivity (Wildman–Crippen MR) is 80.5 cm³/mol. The summed E-state index contributed by atoms with van der Waals surface area (Å²) in [6.07, 6.45) is 6.48. The highest BCUT2D eigenvalue weighted by Crippen LogP contribution is 2.52. The zero-order valence-corrected chi connectivity index (χ0v) is 13.4. The minimum Gasteiger partial charge on any atom is -0.465 e. The lowest BCUT2D eigenvalue weighted by atomic mass is 9.77. The molecule has 6 nitrogen and oxygen atoms in total. The molecule has 0 saturated carbocycles. The number of carbonyl (C=O) groups excluding carboxylic acids is 2. The fraction of sp³-hybridized carbons (Fsp3) is 0.765. The van der Waals surface area contributed by atoms with E-state index in [0.29, 0.717) is 19.7 Å². The Bertz CT molecular complexity index is 541. The molecule has 3 saturated heterocycles. The van der Waals surface area contributed by atoms with Gasteiger partial charge >= 0.3 is 5.97 Å². The maximum Gasteiger partial charge on any atom is 0.312 e. The molecule has 2 bridgehead atoms. The molecule has 5 atom stereocenters. The first-order valence-corrected chi connectivity index (χ1v) is 8.59. The monoisotopic (exact) mass is 321 g/mol. The van der Waals surface area contributed by atoms with Crippen molar-refractivity contribution in [1.82, 2.24) is 4.90 Å². The summed E-state index contributed by atoms with van der Waals surface area (Å²) in [5.41, 5.74) is -0.643. The van der Waals surface area contributed by atoms with Crippen LogP contribution in [0.25, 0.3) is 0 Å². The molecule has 3 unspecified atom stereocenters. The van der Waals surface area contributed by atoms with Gasteiger partial charge in [-0.25, -0.2) is 0 Å². The number of esters is 1. The summed E-state index contributed by atoms with van der Waals surface area (Å²) in [7, 11) is 0. The molecule has 4 rings (SSSR count). The number of fused-ring (bicyclic) bond motifs is 1. The van der Waals surface area contributed by atoms with Gasteiger partial charge in [0, 0.05) is 13.2 Å². The van der Waals surface area contributed by atoms with Crippen LogP contribution in [-0.2, 0) is 23.8 Å². The Labute approximate surface area is 135 Å². The van der Waals surface area contributed by atoms with Gasteiger partial charge in [-0.05, 0) is 19.3 Å². The molecule has 4 heterocycles. The highest BCUT2D eigenvalue weighted by molar-refractivity contribution is 5.91. The van der Waals surface area contributed by atoms with Crippen molar-refractivity contribution in [2.24, 2.45) is 11.8 Å². The number of ether oxygens (including phenoxy) is 3. The SMILES string of the molecule is CCCOC(=O)C1[C@@H]2C=CC3(CN(CC4CCCO4)C(=O)[C@H]13)O2. The first kappa shape index (κ1) is 15.1. The molecule has 6 heteroatoms. The van der Waals surface area contributed by atoms with Crippen LogP contribution in [0.5, 0.6) is 0 Å². The molecule has 0 aromatic carbocycles. The fourth-order valence-corrected chi connectivity index (χ4v) is 4.33. The third-order valence-electron chi connectivity index (χ3n) is 5.35. The van der Waals surface area contributed by atoms with E-state index < -0.39 is 17.4 Å². The van der Waals surface area contributed by atoms with Gasteiger partial charge in [-0.3, -0.25) is 9.59 Å². The van der Waals surface area contributed by atoms with E-state index in [1.165, 1.54) is 0 Å². The maximum absolute atomic E-state index is 12.9. The van der Waals surface area contributed by atoms with Crippen LogP contribution in [0, 0.1) is 11.8 Å². The topological polar surface area (TPSA) is 65.1 Å². The highest BCUT2D eigenvalue weighted by atomic mass is 16.6. The molecular formula is C17H23NO5. The lowest BCUT2D eigenvalue weighted by Gasteiger charge is -2.23. The van der Waals surface area contributed by atoms with Crippen LogP contribution in [-0.4, -0.2) is 60.9 Å². The van der Waals surface area contributed by atoms with E-state index in [1.54, 1.807) is 0 Å². The van der Waals surface area contributed by atoms with Gasteiger partial charge in [0.2, 0.25) is 5.91 Å². The molecular weight excluding hydrogens is 298 g/mol. The van der Waals surface area contributed by atoms with Crippen LogP contribution >= 0.6 is 0 Å². The summed E-state index contributed by atoms with van der Waals surface area (Å²) in [6, 6.07) is 0. The zero-order valence-electron chi connectivity index (χ0n) is 13.4. The summed E-state index contributed by atoms with van der Waals surface area (Å²) in [4.78, 5) is 27.1. The van der Waals surface area contributed by atoms with Crippen molar-refractivity contribution in [2.45, 2.75) is 44.0 Å². The van der Waals surface area contributed by atoms with Gasteiger partial charge < -0.3 is 19.1 Å². The molecule has 3 fully saturated rings. The quantitative estimate of drug-likeness (QED) is 0.556. The zero-order chi connectivity index (χ0) is 16.0. The van der Waals surface area contributed by atoms with Crippen LogP contribution in [0.3, 0.4) is 0 Å². The number of nitrogens with zero attached hydrogens (tertiary/aromatic N) is 1. The summed E-state index contributed by atoms with van der Waals surface area (Å²) >= 11 is 0. The standard InChI is InChI=1S/C17H23NO5/c1-2-7-22-16(20)13-12-5-6-17(23-12)10-18(15(19)14(13)17)9-11-4-3-8-21-11/h5-6,11-14H,2-4,7-10H2,1H3/t11?,12-,13?,14-,17?/m0/s1. The lowest BCUT2D eigenvalue weighted by Crippen LogP contribution is -2.40. The van der Waals surface area contributed by atoms with Gasteiger partial charge in [-0.1, -0.05) is 19.1 Å². The van der Waals surface area contributed by atoms with Crippen LogP contribution in [0.15, 0.2) is 12.2 Å². The smallest absolute Gasteiger partial charge is 0.312 e. The Morgan fingerprint density at radius 3 is 3.13 bits per heavy atom. The average molecular weight is 321 g/mol. The van der Waals surface area contributed by atoms with Crippen LogP contribution < -0.4 is 0 Å². The number of carbonyl (C=O) groups is 2. The molecule has 1 spiro atoms. The van der Waals surface area contributed by atoms with Crippen molar-refractivity contribution < 1.29 is 23.8 Å². The van der Waals surface area contributed by atoms with Crippen molar-refractivity contribution >= 4 is 11.9 Å². The molecule has 0 aliphatic carbocycles. The van der Waals surface area contributed by atoms with E-state index in [1.807, 2.05) is 24.0 Å². The first-order chi connectivity index (χ1) is 11.1. The Kier molecular flexibility index (Phi) is 3.69. The maximum atomic E-state index is 12.9. The molecule has 0 radical (unpaired) electrons. The number of likely N-dealkylation sites (tertiary alicyclic amines) is 1. The van der Waals surface area contributed by atoms with Crippen molar-refractivity contribution in [2.75, 3.05) is 26.3 Å². The molecule has 0 N–H and O–H groups in total. The Morgan fingerprint density at radius 2 is 2.39 bits per heavy atom. The summed E-state index contributed by atoms with van der Waals surface area (Å²) in [5, 5.41) is 0. The van der Waals surface area contributed by atoms with Gasteiger partial charge in [0.15, 0.2) is 0 Å². The van der Waals surface area contributed by atoms with Gasteiger partial charge in [-0.2, -0.15) is 0 Å². The Morgan fingerprint density at radius 1 is 1.52 bits per heavy atom. The molecule has 126 valence electrons. The van der Waals surface area contributed by atoms with E-state index in [9.17, 15) is 9.59 Å². The van der Waals surface area contributed by atoms with E-state index in [-0.39, 0.29) is 24.1 Å². The molecule has 4 aliphatic rings. The second kappa shape index (κ2) is 5.60. The van der Waals surface area contributed by atoms with Crippen molar-refractivity contribution in [3.8, 4) is 0 Å². The Balaban J connectivity index is 1.52. The fourth-order valence-electron chi connectivity index (χ4n) is 4.33. The van der Waals surface area contributed by atoms with Crippen molar-refractivity contribution in [3.63, 3.8) is 0 Å². The molecule has 0 aromatic heterocycles. The Hall–Kier alpha value is -1.40. The molecule has 23 heavy (non-hydrogen) atoms. The van der Waals surface area contributed by atoms with Crippen molar-refractivity contribution in [1.29, 1.82) is 0 Å². The van der Waals surface area contributed by atoms with Gasteiger partial charge in [0.05, 0.1) is 31.3 Å². The minimum atomic E-state index is -0.643. The van der Waals surface area contributed by atoms with Crippen LogP contribution in [0.1, 0.15) is 26.2 Å². The molecule has 4 aliphatic heterocycles. The van der Waals surface area contributed by atoms with Crippen molar-refractivity contribution in [3.05, 3.63) is 12.2 Å². The summed E-state index contributed by atoms with van der Waals surface area (Å²) in [6.45, 7) is 4.22. The normalized spacial score (nSPS) is 40.9. The van der Waals surface area contributed by atoms with Gasteiger partial charge in [0.1, 0.15) is 11.5 Å². The number of hydrogen-bond donors (Lipinski definition) is 0. The second-order valence-electron chi connectivity index (χ2n) is 6.92. The van der Waals surface area contributed by atoms with E-state index in [4.69, 9.17) is 14.2 Å². The summed E-state index contributed by atoms with van der Waals surface area (Å²) in [5.74, 6) is -1.25. The van der Waals surface area contributed by atoms with Crippen LogP contribution in [0.4, 0.5) is 0 Å². The largest absolute Gasteiger partial charge is 0.465 e. The lowest BCUT2D eigenvalue weighted by molar-refractivity contribution is -0.154. The highest BCUT2D eigenvalue weighted by Gasteiger charge is 2.67. The van der Waals surface area contributed by atoms with Gasteiger partial charge in [0.25, 0.3) is 0 Å². The van der Waals surface area contributed by atoms with E-state index in [0.717, 1.165) is 25.9 Å².